The molecule has 2 bridgehead atoms. The first-order chi connectivity index (χ1) is 8.66. The molecule has 1 aromatic rings. The summed E-state index contributed by atoms with van der Waals surface area (Å²) in [7, 11) is 0. The van der Waals surface area contributed by atoms with Crippen molar-refractivity contribution in [1.29, 1.82) is 0 Å². The van der Waals surface area contributed by atoms with Gasteiger partial charge in [0.15, 0.2) is 0 Å². The molecular weight excluding hydrogens is 232 g/mol. The molecular formula is C14H16O4. The van der Waals surface area contributed by atoms with Crippen LogP contribution in [-0.2, 0) is 9.47 Å². The van der Waals surface area contributed by atoms with Crippen molar-refractivity contribution in [2.75, 3.05) is 6.61 Å². The number of fused-ring (bicyclic) bond motifs is 10. The van der Waals surface area contributed by atoms with E-state index in [1.807, 2.05) is 6.92 Å². The van der Waals surface area contributed by atoms with Crippen LogP contribution in [0, 0.1) is 0 Å². The van der Waals surface area contributed by atoms with Gasteiger partial charge in [0.1, 0.15) is 0 Å². The fourth-order valence-electron chi connectivity index (χ4n) is 1.83. The van der Waals surface area contributed by atoms with Gasteiger partial charge >= 0.3 is 11.9 Å². The van der Waals surface area contributed by atoms with E-state index >= 15 is 0 Å². The molecule has 2 aliphatic heterocycles. The van der Waals surface area contributed by atoms with E-state index < -0.39 is 0 Å². The third-order valence-corrected chi connectivity index (χ3v) is 2.90. The summed E-state index contributed by atoms with van der Waals surface area (Å²) in [4.78, 5) is 23.4. The monoisotopic (exact) mass is 248 g/mol. The summed E-state index contributed by atoms with van der Waals surface area (Å²) in [6.45, 7) is 2.28. The van der Waals surface area contributed by atoms with Crippen molar-refractivity contribution in [2.45, 2.75) is 32.3 Å². The number of benzene rings is 1. The lowest BCUT2D eigenvalue weighted by molar-refractivity contribution is 0.0315. The standard InChI is InChI=1S/C14H16O4/c1-10-4-2-3-9-17-13(15)11-5-7-12(8-6-11)14(16)18-10/h5-8,10H,2-4,9H2,1H3. The normalized spacial score (nSPS) is 21.3. The third kappa shape index (κ3) is 3.09. The predicted octanol–water partition coefficient (Wildman–Crippen LogP) is 2.57. The highest BCUT2D eigenvalue weighted by atomic mass is 16.5. The highest BCUT2D eigenvalue weighted by Crippen LogP contribution is 2.13. The second-order valence-corrected chi connectivity index (χ2v) is 4.42. The molecule has 0 spiro atoms. The zero-order valence-corrected chi connectivity index (χ0v) is 10.3. The van der Waals surface area contributed by atoms with E-state index in [4.69, 9.17) is 9.47 Å². The van der Waals surface area contributed by atoms with Crippen LogP contribution in [0.3, 0.4) is 0 Å². The van der Waals surface area contributed by atoms with Crippen molar-refractivity contribution in [3.05, 3.63) is 35.4 Å². The van der Waals surface area contributed by atoms with Gasteiger partial charge < -0.3 is 9.47 Å². The van der Waals surface area contributed by atoms with Crippen molar-refractivity contribution < 1.29 is 19.1 Å². The van der Waals surface area contributed by atoms with E-state index in [9.17, 15) is 9.59 Å². The fourth-order valence-corrected chi connectivity index (χ4v) is 1.83. The molecule has 2 heterocycles. The zero-order chi connectivity index (χ0) is 13.0. The minimum atomic E-state index is -0.346. The Kier molecular flexibility index (Phi) is 3.97. The Morgan fingerprint density at radius 1 is 1.00 bits per heavy atom. The van der Waals surface area contributed by atoms with E-state index in [1.165, 1.54) is 0 Å². The Morgan fingerprint density at radius 3 is 2.28 bits per heavy atom. The molecule has 18 heavy (non-hydrogen) atoms. The minimum absolute atomic E-state index is 0.117. The largest absolute Gasteiger partial charge is 0.462 e. The summed E-state index contributed by atoms with van der Waals surface area (Å²) in [5.74, 6) is -0.691. The number of rotatable bonds is 0. The quantitative estimate of drug-likeness (QED) is 0.662. The predicted molar refractivity (Wildman–Crippen MR) is 65.5 cm³/mol. The molecule has 0 amide bonds. The summed E-state index contributed by atoms with van der Waals surface area (Å²) in [5.41, 5.74) is 0.913. The minimum Gasteiger partial charge on any atom is -0.462 e. The van der Waals surface area contributed by atoms with Crippen LogP contribution >= 0.6 is 0 Å². The highest BCUT2D eigenvalue weighted by molar-refractivity contribution is 5.93. The first kappa shape index (κ1) is 12.6. The van der Waals surface area contributed by atoms with E-state index in [0.29, 0.717) is 17.7 Å². The van der Waals surface area contributed by atoms with Crippen molar-refractivity contribution in [3.8, 4) is 0 Å². The molecule has 1 atom stereocenters. The highest BCUT2D eigenvalue weighted by Gasteiger charge is 2.14. The van der Waals surface area contributed by atoms with Crippen LogP contribution in [0.15, 0.2) is 24.3 Å². The molecule has 0 aliphatic carbocycles. The second kappa shape index (κ2) is 5.67. The number of ether oxygens (including phenoxy) is 2. The second-order valence-electron chi connectivity index (χ2n) is 4.42. The zero-order valence-electron chi connectivity index (χ0n) is 10.3. The number of hydrogen-bond donors (Lipinski definition) is 0. The summed E-state index contributed by atoms with van der Waals surface area (Å²) < 4.78 is 10.4. The third-order valence-electron chi connectivity index (χ3n) is 2.90. The van der Waals surface area contributed by atoms with E-state index in [0.717, 1.165) is 19.3 Å². The lowest BCUT2D eigenvalue weighted by Gasteiger charge is -2.12. The van der Waals surface area contributed by atoms with Gasteiger partial charge in [-0.15, -0.1) is 0 Å². The molecule has 0 N–H and O–H groups in total. The van der Waals surface area contributed by atoms with Gasteiger partial charge in [0.05, 0.1) is 23.8 Å². The van der Waals surface area contributed by atoms with Gasteiger partial charge in [-0.05, 0) is 50.5 Å². The molecule has 0 saturated carbocycles. The van der Waals surface area contributed by atoms with Gasteiger partial charge in [0.2, 0.25) is 0 Å². The van der Waals surface area contributed by atoms with Crippen LogP contribution < -0.4 is 0 Å². The molecule has 2 aliphatic rings. The molecule has 3 rings (SSSR count). The maximum absolute atomic E-state index is 11.8. The molecule has 0 saturated heterocycles. The van der Waals surface area contributed by atoms with E-state index in [2.05, 4.69) is 0 Å². The lowest BCUT2D eigenvalue weighted by atomic mass is 10.1. The summed E-state index contributed by atoms with van der Waals surface area (Å²) in [6, 6.07) is 6.34. The average molecular weight is 248 g/mol. The van der Waals surface area contributed by atoms with Gasteiger partial charge in [-0.2, -0.15) is 0 Å². The van der Waals surface area contributed by atoms with Gasteiger partial charge in [0, 0.05) is 0 Å². The molecule has 0 radical (unpaired) electrons. The molecule has 1 aromatic carbocycles. The molecule has 96 valence electrons. The number of esters is 2. The first-order valence-corrected chi connectivity index (χ1v) is 6.15. The van der Waals surface area contributed by atoms with E-state index in [-0.39, 0.29) is 18.0 Å². The molecule has 0 fully saturated rings. The smallest absolute Gasteiger partial charge is 0.338 e. The maximum Gasteiger partial charge on any atom is 0.338 e. The van der Waals surface area contributed by atoms with Gasteiger partial charge in [-0.25, -0.2) is 9.59 Å². The molecule has 1 unspecified atom stereocenters. The average Bonchev–Trinajstić information content (AvgIpc) is 2.38. The SMILES string of the molecule is CC1CCCCOC(=O)c2ccc(cc2)C(=O)O1. The number of carbonyl (C=O) groups excluding carboxylic acids is 2. The molecule has 4 heteroatoms. The summed E-state index contributed by atoms with van der Waals surface area (Å²) in [6.07, 6.45) is 2.31. The summed E-state index contributed by atoms with van der Waals surface area (Å²) in [5, 5.41) is 0. The van der Waals surface area contributed by atoms with Crippen molar-refractivity contribution in [1.82, 2.24) is 0 Å². The Hall–Kier alpha value is -1.84. The van der Waals surface area contributed by atoms with Crippen LogP contribution in [-0.4, -0.2) is 24.6 Å². The van der Waals surface area contributed by atoms with Crippen LogP contribution in [0.4, 0.5) is 0 Å². The van der Waals surface area contributed by atoms with Gasteiger partial charge in [0.25, 0.3) is 0 Å². The summed E-state index contributed by atoms with van der Waals surface area (Å²) >= 11 is 0. The van der Waals surface area contributed by atoms with Gasteiger partial charge in [-0.3, -0.25) is 0 Å². The Balaban J connectivity index is 2.20. The maximum atomic E-state index is 11.8. The Bertz CT molecular complexity index is 436. The topological polar surface area (TPSA) is 52.6 Å². The Morgan fingerprint density at radius 2 is 1.61 bits per heavy atom. The van der Waals surface area contributed by atoms with Gasteiger partial charge in [-0.1, -0.05) is 0 Å². The van der Waals surface area contributed by atoms with Crippen LogP contribution in [0.25, 0.3) is 0 Å². The lowest BCUT2D eigenvalue weighted by Crippen LogP contribution is -2.15. The van der Waals surface area contributed by atoms with Crippen LogP contribution in [0.1, 0.15) is 46.9 Å². The van der Waals surface area contributed by atoms with Crippen LogP contribution in [0.5, 0.6) is 0 Å². The number of hydrogen-bond acceptors (Lipinski definition) is 4. The number of carbonyl (C=O) groups is 2. The first-order valence-electron chi connectivity index (χ1n) is 6.15. The molecule has 4 nitrogen and oxygen atoms in total. The van der Waals surface area contributed by atoms with Crippen LogP contribution in [0.2, 0.25) is 0 Å². The van der Waals surface area contributed by atoms with Crippen molar-refractivity contribution in [2.24, 2.45) is 0 Å². The molecule has 0 aromatic heterocycles. The fraction of sp³-hybridized carbons (Fsp3) is 0.429. The van der Waals surface area contributed by atoms with E-state index in [1.54, 1.807) is 24.3 Å². The van der Waals surface area contributed by atoms with Crippen molar-refractivity contribution in [3.63, 3.8) is 0 Å². The van der Waals surface area contributed by atoms with Crippen molar-refractivity contribution >= 4 is 11.9 Å². The Labute approximate surface area is 106 Å².